The van der Waals surface area contributed by atoms with Crippen molar-refractivity contribution in [1.82, 2.24) is 10.3 Å². The minimum atomic E-state index is -4.51. The van der Waals surface area contributed by atoms with E-state index in [2.05, 4.69) is 10.3 Å². The number of aryl methyl sites for hydroxylation is 1. The summed E-state index contributed by atoms with van der Waals surface area (Å²) in [7, 11) is 0. The summed E-state index contributed by atoms with van der Waals surface area (Å²) in [6.45, 7) is 0.266. The first kappa shape index (κ1) is 21.8. The highest BCUT2D eigenvalue weighted by atomic mass is 35.5. The molecule has 0 atom stereocenters. The fraction of sp³-hybridized carbons (Fsp3) is 0.150. The molecule has 0 fully saturated rings. The highest BCUT2D eigenvalue weighted by Gasteiger charge is 2.28. The van der Waals surface area contributed by atoms with Crippen molar-refractivity contribution < 1.29 is 22.8 Å². The molecule has 0 bridgehead atoms. The summed E-state index contributed by atoms with van der Waals surface area (Å²) in [5.41, 5.74) is 1.66. The van der Waals surface area contributed by atoms with E-state index in [0.29, 0.717) is 31.7 Å². The van der Waals surface area contributed by atoms with E-state index in [1.165, 1.54) is 18.3 Å². The van der Waals surface area contributed by atoms with Crippen molar-refractivity contribution in [3.63, 3.8) is 0 Å². The lowest BCUT2D eigenvalue weighted by atomic mass is 10.1. The summed E-state index contributed by atoms with van der Waals surface area (Å²) in [5.74, 6) is -1.34. The number of nitrogens with zero attached hydrogens (tertiary/aromatic N) is 1. The van der Waals surface area contributed by atoms with E-state index in [4.69, 9.17) is 11.6 Å². The first-order valence-corrected chi connectivity index (χ1v) is 9.81. The molecule has 0 aliphatic heterocycles. The zero-order chi connectivity index (χ0) is 21.9. The van der Waals surface area contributed by atoms with Gasteiger partial charge < -0.3 is 10.6 Å². The Balaban J connectivity index is 1.75. The number of amides is 2. The minimum absolute atomic E-state index is 0.00112. The van der Waals surface area contributed by atoms with Crippen molar-refractivity contribution in [3.8, 4) is 10.6 Å². The molecular weight excluding hydrogens is 439 g/mol. The standard InChI is InChI=1S/C20H15ClF3N3O2S/c1-11-6-7-12(17(28)26-10-20(22,23)24)8-15(11)27-18(29)16-9-25-19(30-16)13-4-2-3-5-14(13)21/h2-9H,10H2,1H3,(H,26,28)(H,27,29). The topological polar surface area (TPSA) is 71.1 Å². The van der Waals surface area contributed by atoms with Gasteiger partial charge in [-0.3, -0.25) is 9.59 Å². The summed E-state index contributed by atoms with van der Waals surface area (Å²) in [6.07, 6.45) is -3.10. The maximum absolute atomic E-state index is 12.6. The van der Waals surface area contributed by atoms with Gasteiger partial charge in [-0.2, -0.15) is 13.2 Å². The molecule has 0 saturated carbocycles. The Labute approximate surface area is 178 Å². The smallest absolute Gasteiger partial charge is 0.343 e. The van der Waals surface area contributed by atoms with Gasteiger partial charge in [0.05, 0.1) is 11.2 Å². The third kappa shape index (κ3) is 5.37. The van der Waals surface area contributed by atoms with Crippen molar-refractivity contribution in [2.75, 3.05) is 11.9 Å². The number of anilines is 1. The van der Waals surface area contributed by atoms with E-state index in [9.17, 15) is 22.8 Å². The average Bonchev–Trinajstić information content (AvgIpc) is 3.17. The van der Waals surface area contributed by atoms with E-state index in [1.807, 2.05) is 0 Å². The monoisotopic (exact) mass is 453 g/mol. The summed E-state index contributed by atoms with van der Waals surface area (Å²) in [4.78, 5) is 29.1. The molecule has 0 saturated heterocycles. The first-order valence-electron chi connectivity index (χ1n) is 8.62. The number of benzene rings is 2. The van der Waals surface area contributed by atoms with Crippen LogP contribution >= 0.6 is 22.9 Å². The molecule has 10 heteroatoms. The first-order chi connectivity index (χ1) is 14.1. The Hall–Kier alpha value is -2.91. The minimum Gasteiger partial charge on any atom is -0.343 e. The molecule has 30 heavy (non-hydrogen) atoms. The molecule has 3 rings (SSSR count). The van der Waals surface area contributed by atoms with Crippen LogP contribution in [0.1, 0.15) is 25.6 Å². The Morgan fingerprint density at radius 1 is 1.13 bits per heavy atom. The van der Waals surface area contributed by atoms with Crippen LogP contribution in [0.4, 0.5) is 18.9 Å². The molecule has 0 radical (unpaired) electrons. The Morgan fingerprint density at radius 2 is 1.87 bits per heavy atom. The van der Waals surface area contributed by atoms with E-state index < -0.39 is 24.5 Å². The second-order valence-corrected chi connectivity index (χ2v) is 7.73. The van der Waals surface area contributed by atoms with Gasteiger partial charge in [0.15, 0.2) is 0 Å². The SMILES string of the molecule is Cc1ccc(C(=O)NCC(F)(F)F)cc1NC(=O)c1cnc(-c2ccccc2Cl)s1. The number of nitrogens with one attached hydrogen (secondary N) is 2. The van der Waals surface area contributed by atoms with Gasteiger partial charge in [-0.25, -0.2) is 4.98 Å². The van der Waals surface area contributed by atoms with Crippen LogP contribution in [-0.4, -0.2) is 29.5 Å². The number of aromatic nitrogens is 1. The second kappa shape index (κ2) is 8.85. The van der Waals surface area contributed by atoms with E-state index in [1.54, 1.807) is 42.6 Å². The zero-order valence-electron chi connectivity index (χ0n) is 15.5. The highest BCUT2D eigenvalue weighted by Crippen LogP contribution is 2.31. The lowest BCUT2D eigenvalue weighted by Gasteiger charge is -2.11. The van der Waals surface area contributed by atoms with Gasteiger partial charge in [0.2, 0.25) is 0 Å². The molecule has 0 spiro atoms. The van der Waals surface area contributed by atoms with Crippen LogP contribution in [0.25, 0.3) is 10.6 Å². The zero-order valence-corrected chi connectivity index (χ0v) is 17.1. The van der Waals surface area contributed by atoms with Crippen molar-refractivity contribution in [3.05, 3.63) is 69.7 Å². The van der Waals surface area contributed by atoms with E-state index >= 15 is 0 Å². The molecule has 2 amide bonds. The number of thiazole rings is 1. The maximum Gasteiger partial charge on any atom is 0.405 e. The maximum atomic E-state index is 12.6. The van der Waals surface area contributed by atoms with Crippen molar-refractivity contribution in [1.29, 1.82) is 0 Å². The number of alkyl halides is 3. The molecule has 1 aromatic heterocycles. The normalized spacial score (nSPS) is 11.2. The molecular formula is C20H15ClF3N3O2S. The molecule has 0 unspecified atom stereocenters. The molecule has 1 heterocycles. The summed E-state index contributed by atoms with van der Waals surface area (Å²) in [5, 5.41) is 5.55. The fourth-order valence-corrected chi connectivity index (χ4v) is 3.63. The molecule has 156 valence electrons. The molecule has 2 aromatic carbocycles. The van der Waals surface area contributed by atoms with Crippen LogP contribution in [0.15, 0.2) is 48.7 Å². The quantitative estimate of drug-likeness (QED) is 0.549. The lowest BCUT2D eigenvalue weighted by molar-refractivity contribution is -0.123. The fourth-order valence-electron chi connectivity index (χ4n) is 2.50. The number of carbonyl (C=O) groups excluding carboxylic acids is 2. The van der Waals surface area contributed by atoms with Crippen LogP contribution in [-0.2, 0) is 0 Å². The number of halogens is 4. The molecule has 5 nitrogen and oxygen atoms in total. The number of carbonyl (C=O) groups is 2. The van der Waals surface area contributed by atoms with Gasteiger partial charge >= 0.3 is 6.18 Å². The number of hydrogen-bond donors (Lipinski definition) is 2. The third-order valence-electron chi connectivity index (χ3n) is 4.03. The van der Waals surface area contributed by atoms with Gasteiger partial charge in [0, 0.05) is 16.8 Å². The van der Waals surface area contributed by atoms with Gasteiger partial charge in [-0.05, 0) is 30.7 Å². The van der Waals surface area contributed by atoms with Crippen molar-refractivity contribution in [2.45, 2.75) is 13.1 Å². The molecule has 0 aliphatic rings. The van der Waals surface area contributed by atoms with E-state index in [-0.39, 0.29) is 5.56 Å². The Bertz CT molecular complexity index is 1100. The Kier molecular flexibility index (Phi) is 6.42. The predicted molar refractivity (Wildman–Crippen MR) is 110 cm³/mol. The van der Waals surface area contributed by atoms with Crippen LogP contribution in [0, 0.1) is 6.92 Å². The van der Waals surface area contributed by atoms with Crippen LogP contribution in [0.3, 0.4) is 0 Å². The van der Waals surface area contributed by atoms with Gasteiger partial charge in [0.25, 0.3) is 11.8 Å². The molecule has 3 aromatic rings. The van der Waals surface area contributed by atoms with Gasteiger partial charge in [0.1, 0.15) is 16.4 Å². The summed E-state index contributed by atoms with van der Waals surface area (Å²) >= 11 is 7.30. The van der Waals surface area contributed by atoms with Crippen molar-refractivity contribution >= 4 is 40.4 Å². The third-order valence-corrected chi connectivity index (χ3v) is 5.39. The Morgan fingerprint density at radius 3 is 2.57 bits per heavy atom. The van der Waals surface area contributed by atoms with Crippen LogP contribution < -0.4 is 10.6 Å². The largest absolute Gasteiger partial charge is 0.405 e. The second-order valence-electron chi connectivity index (χ2n) is 6.29. The van der Waals surface area contributed by atoms with Gasteiger partial charge in [-0.1, -0.05) is 35.9 Å². The lowest BCUT2D eigenvalue weighted by Crippen LogP contribution is -2.33. The van der Waals surface area contributed by atoms with Crippen molar-refractivity contribution in [2.24, 2.45) is 0 Å². The van der Waals surface area contributed by atoms with Gasteiger partial charge in [-0.15, -0.1) is 11.3 Å². The highest BCUT2D eigenvalue weighted by molar-refractivity contribution is 7.17. The van der Waals surface area contributed by atoms with Crippen LogP contribution in [0.5, 0.6) is 0 Å². The molecule has 0 aliphatic carbocycles. The predicted octanol–water partition coefficient (Wildman–Crippen LogP) is 5.32. The average molecular weight is 454 g/mol. The summed E-state index contributed by atoms with van der Waals surface area (Å²) < 4.78 is 36.9. The molecule has 2 N–H and O–H groups in total. The summed E-state index contributed by atoms with van der Waals surface area (Å²) in [6, 6.07) is 11.4. The number of rotatable bonds is 5. The van der Waals surface area contributed by atoms with Crippen LogP contribution in [0.2, 0.25) is 5.02 Å². The van der Waals surface area contributed by atoms with E-state index in [0.717, 1.165) is 11.3 Å². The number of hydrogen-bond acceptors (Lipinski definition) is 4.